The molecule has 0 aromatic carbocycles. The monoisotopic (exact) mass is 238 g/mol. The Morgan fingerprint density at radius 2 is 2.12 bits per heavy atom. The van der Waals surface area contributed by atoms with Crippen LogP contribution in [-0.4, -0.2) is 12.1 Å². The summed E-state index contributed by atoms with van der Waals surface area (Å²) in [7, 11) is 0. The molecule has 2 heteroatoms. The van der Waals surface area contributed by atoms with Crippen molar-refractivity contribution in [3.8, 4) is 0 Å². The fourth-order valence-corrected chi connectivity index (χ4v) is 3.43. The van der Waals surface area contributed by atoms with Crippen molar-refractivity contribution in [1.29, 1.82) is 0 Å². The van der Waals surface area contributed by atoms with Crippen molar-refractivity contribution in [3.63, 3.8) is 0 Å². The van der Waals surface area contributed by atoms with Gasteiger partial charge in [0.1, 0.15) is 12.1 Å². The van der Waals surface area contributed by atoms with Crippen LogP contribution in [0.1, 0.15) is 59.8 Å². The summed E-state index contributed by atoms with van der Waals surface area (Å²) in [6, 6.07) is 0. The van der Waals surface area contributed by atoms with Crippen molar-refractivity contribution in [1.82, 2.24) is 0 Å². The smallest absolute Gasteiger partial charge is 0.129 e. The molecule has 3 atom stereocenters. The van der Waals surface area contributed by atoms with E-state index in [1.807, 2.05) is 0 Å². The van der Waals surface area contributed by atoms with Crippen molar-refractivity contribution in [2.45, 2.75) is 59.8 Å². The molecule has 1 aliphatic rings. The van der Waals surface area contributed by atoms with Crippen LogP contribution in [0.3, 0.4) is 0 Å². The van der Waals surface area contributed by atoms with E-state index in [4.69, 9.17) is 0 Å². The number of carbonyl (C=O) groups is 2. The molecule has 0 aromatic heterocycles. The summed E-state index contributed by atoms with van der Waals surface area (Å²) in [5.74, 6) is 2.29. The molecule has 0 aromatic rings. The summed E-state index contributed by atoms with van der Waals surface area (Å²) in [6.07, 6.45) is 5.68. The SMILES string of the molecule is CC(=O)CC[C@@H]1[C@H]([C@H](C)CCC=O)CC1(C)C. The number of hydrogen-bond donors (Lipinski definition) is 0. The highest BCUT2D eigenvalue weighted by molar-refractivity contribution is 5.75. The summed E-state index contributed by atoms with van der Waals surface area (Å²) >= 11 is 0. The molecule has 0 aliphatic heterocycles. The molecule has 1 saturated carbocycles. The molecule has 0 heterocycles. The standard InChI is InChI=1S/C15H26O2/c1-11(6-5-9-16)13-10-15(3,4)14(13)8-7-12(2)17/h9,11,13-14H,5-8,10H2,1-4H3/t11-,13+,14-/m1/s1. The zero-order valence-electron chi connectivity index (χ0n) is 11.7. The van der Waals surface area contributed by atoms with E-state index in [1.165, 1.54) is 6.42 Å². The van der Waals surface area contributed by atoms with Crippen LogP contribution in [0.5, 0.6) is 0 Å². The lowest BCUT2D eigenvalue weighted by Crippen LogP contribution is -2.46. The highest BCUT2D eigenvalue weighted by atomic mass is 16.1. The summed E-state index contributed by atoms with van der Waals surface area (Å²) in [4.78, 5) is 21.5. The third-order valence-corrected chi connectivity index (χ3v) is 4.56. The molecular formula is C15H26O2. The van der Waals surface area contributed by atoms with Crippen molar-refractivity contribution < 1.29 is 9.59 Å². The fraction of sp³-hybridized carbons (Fsp3) is 0.867. The Bertz CT molecular complexity index is 281. The summed E-state index contributed by atoms with van der Waals surface area (Å²) < 4.78 is 0. The van der Waals surface area contributed by atoms with Crippen LogP contribution in [-0.2, 0) is 9.59 Å². The van der Waals surface area contributed by atoms with E-state index in [-0.39, 0.29) is 0 Å². The van der Waals surface area contributed by atoms with Crippen LogP contribution in [0.2, 0.25) is 0 Å². The van der Waals surface area contributed by atoms with Crippen LogP contribution < -0.4 is 0 Å². The van der Waals surface area contributed by atoms with E-state index in [1.54, 1.807) is 6.92 Å². The summed E-state index contributed by atoms with van der Waals surface area (Å²) in [5, 5.41) is 0. The maximum absolute atomic E-state index is 11.1. The van der Waals surface area contributed by atoms with Crippen molar-refractivity contribution in [2.24, 2.45) is 23.2 Å². The normalized spacial score (nSPS) is 28.2. The third kappa shape index (κ3) is 3.65. The van der Waals surface area contributed by atoms with Crippen LogP contribution in [0.4, 0.5) is 0 Å². The Kier molecular flexibility index (Phi) is 4.91. The maximum Gasteiger partial charge on any atom is 0.129 e. The molecule has 2 nitrogen and oxygen atoms in total. The van der Waals surface area contributed by atoms with Gasteiger partial charge in [-0.1, -0.05) is 20.8 Å². The van der Waals surface area contributed by atoms with Gasteiger partial charge in [-0.2, -0.15) is 0 Å². The summed E-state index contributed by atoms with van der Waals surface area (Å²) in [5.41, 5.74) is 0.384. The Morgan fingerprint density at radius 3 is 2.59 bits per heavy atom. The first kappa shape index (κ1) is 14.4. The van der Waals surface area contributed by atoms with E-state index in [9.17, 15) is 9.59 Å². The van der Waals surface area contributed by atoms with Gasteiger partial charge in [0.2, 0.25) is 0 Å². The lowest BCUT2D eigenvalue weighted by atomic mass is 9.51. The molecule has 0 spiro atoms. The van der Waals surface area contributed by atoms with E-state index < -0.39 is 0 Å². The molecule has 1 rings (SSSR count). The minimum Gasteiger partial charge on any atom is -0.303 e. The second kappa shape index (κ2) is 5.79. The van der Waals surface area contributed by atoms with Gasteiger partial charge in [0.25, 0.3) is 0 Å². The molecule has 17 heavy (non-hydrogen) atoms. The first-order valence-corrected chi connectivity index (χ1v) is 6.81. The van der Waals surface area contributed by atoms with Crippen molar-refractivity contribution >= 4 is 12.1 Å². The van der Waals surface area contributed by atoms with Crippen LogP contribution in [0, 0.1) is 23.2 Å². The van der Waals surface area contributed by atoms with E-state index >= 15 is 0 Å². The van der Waals surface area contributed by atoms with Crippen LogP contribution >= 0.6 is 0 Å². The zero-order chi connectivity index (χ0) is 13.1. The molecular weight excluding hydrogens is 212 g/mol. The highest BCUT2D eigenvalue weighted by Crippen LogP contribution is 2.56. The molecule has 98 valence electrons. The molecule has 1 aliphatic carbocycles. The zero-order valence-corrected chi connectivity index (χ0v) is 11.7. The van der Waals surface area contributed by atoms with E-state index in [0.29, 0.717) is 41.8 Å². The van der Waals surface area contributed by atoms with Crippen LogP contribution in [0.15, 0.2) is 0 Å². The van der Waals surface area contributed by atoms with Gasteiger partial charge in [-0.15, -0.1) is 0 Å². The van der Waals surface area contributed by atoms with Gasteiger partial charge in [0, 0.05) is 12.8 Å². The predicted molar refractivity (Wildman–Crippen MR) is 69.8 cm³/mol. The molecule has 0 radical (unpaired) electrons. The van der Waals surface area contributed by atoms with Crippen molar-refractivity contribution in [3.05, 3.63) is 0 Å². The van der Waals surface area contributed by atoms with Gasteiger partial charge in [0.05, 0.1) is 0 Å². The van der Waals surface area contributed by atoms with E-state index in [2.05, 4.69) is 20.8 Å². The average molecular weight is 238 g/mol. The number of Topliss-reactive ketones (excluding diaryl/α,β-unsaturated/α-hetero) is 1. The minimum atomic E-state index is 0.298. The summed E-state index contributed by atoms with van der Waals surface area (Å²) in [6.45, 7) is 8.54. The lowest BCUT2D eigenvalue weighted by Gasteiger charge is -2.54. The number of rotatable bonds is 7. The first-order valence-electron chi connectivity index (χ1n) is 6.81. The van der Waals surface area contributed by atoms with Crippen LogP contribution in [0.25, 0.3) is 0 Å². The minimum absolute atomic E-state index is 0.298. The molecule has 0 amide bonds. The molecule has 0 N–H and O–H groups in total. The Hall–Kier alpha value is -0.660. The topological polar surface area (TPSA) is 34.1 Å². The van der Waals surface area contributed by atoms with Gasteiger partial charge < -0.3 is 9.59 Å². The molecule has 1 fully saturated rings. The second-order valence-electron chi connectivity index (χ2n) is 6.43. The van der Waals surface area contributed by atoms with E-state index in [0.717, 1.165) is 19.1 Å². The number of hydrogen-bond acceptors (Lipinski definition) is 2. The Balaban J connectivity index is 2.49. The largest absolute Gasteiger partial charge is 0.303 e. The lowest BCUT2D eigenvalue weighted by molar-refractivity contribution is -0.119. The molecule has 0 saturated heterocycles. The van der Waals surface area contributed by atoms with Gasteiger partial charge in [0.15, 0.2) is 0 Å². The van der Waals surface area contributed by atoms with Gasteiger partial charge >= 0.3 is 0 Å². The second-order valence-corrected chi connectivity index (χ2v) is 6.43. The highest BCUT2D eigenvalue weighted by Gasteiger charge is 2.48. The van der Waals surface area contributed by atoms with Gasteiger partial charge in [-0.05, 0) is 49.4 Å². The predicted octanol–water partition coefficient (Wildman–Crippen LogP) is 3.63. The fourth-order valence-electron chi connectivity index (χ4n) is 3.43. The average Bonchev–Trinajstić information content (AvgIpc) is 2.22. The number of aldehydes is 1. The third-order valence-electron chi connectivity index (χ3n) is 4.56. The quantitative estimate of drug-likeness (QED) is 0.635. The van der Waals surface area contributed by atoms with Gasteiger partial charge in [-0.3, -0.25) is 0 Å². The molecule has 0 unspecified atom stereocenters. The van der Waals surface area contributed by atoms with Crippen molar-refractivity contribution in [2.75, 3.05) is 0 Å². The number of ketones is 1. The first-order chi connectivity index (χ1) is 7.88. The number of carbonyl (C=O) groups excluding carboxylic acids is 2. The maximum atomic E-state index is 11.1. The van der Waals surface area contributed by atoms with Gasteiger partial charge in [-0.25, -0.2) is 0 Å². The Morgan fingerprint density at radius 1 is 1.47 bits per heavy atom. The molecule has 0 bridgehead atoms. The Labute approximate surface area is 105 Å².